The average Bonchev–Trinajstić information content (AvgIpc) is 2.32. The van der Waals surface area contributed by atoms with E-state index in [4.69, 9.17) is 0 Å². The number of unbranched alkanes of at least 4 members (excludes halogenated alkanes) is 1. The van der Waals surface area contributed by atoms with E-state index >= 15 is 0 Å². The van der Waals surface area contributed by atoms with Gasteiger partial charge in [0.25, 0.3) is 0 Å². The molecule has 0 aliphatic rings. The molecule has 19 heavy (non-hydrogen) atoms. The molecule has 0 fully saturated rings. The summed E-state index contributed by atoms with van der Waals surface area (Å²) in [5.74, 6) is -1.34. The number of aliphatic hydroxyl groups is 1. The summed E-state index contributed by atoms with van der Waals surface area (Å²) in [7, 11) is 4.04. The van der Waals surface area contributed by atoms with Crippen LogP contribution in [-0.4, -0.2) is 43.7 Å². The molecular formula is C14H22F2N2O. The second-order valence-corrected chi connectivity index (χ2v) is 4.90. The van der Waals surface area contributed by atoms with Crippen molar-refractivity contribution >= 4 is 0 Å². The molecule has 0 bridgehead atoms. The molecule has 1 aromatic carbocycles. The predicted octanol–water partition coefficient (Wildman–Crippen LogP) is 1.93. The van der Waals surface area contributed by atoms with Gasteiger partial charge in [-0.15, -0.1) is 0 Å². The van der Waals surface area contributed by atoms with E-state index in [9.17, 15) is 13.9 Å². The zero-order chi connectivity index (χ0) is 14.3. The van der Waals surface area contributed by atoms with E-state index in [1.165, 1.54) is 6.07 Å². The van der Waals surface area contributed by atoms with Gasteiger partial charge in [-0.3, -0.25) is 0 Å². The van der Waals surface area contributed by atoms with Crippen LogP contribution in [0.3, 0.4) is 0 Å². The maximum Gasteiger partial charge on any atom is 0.131 e. The van der Waals surface area contributed by atoms with Crippen LogP contribution in [0.15, 0.2) is 18.2 Å². The fourth-order valence-electron chi connectivity index (χ4n) is 1.80. The summed E-state index contributed by atoms with van der Waals surface area (Å²) >= 11 is 0. The largest absolute Gasteiger partial charge is 0.387 e. The van der Waals surface area contributed by atoms with E-state index in [-0.39, 0.29) is 12.1 Å². The first-order chi connectivity index (χ1) is 9.00. The molecule has 108 valence electrons. The van der Waals surface area contributed by atoms with E-state index in [0.717, 1.165) is 38.1 Å². The Bertz CT molecular complexity index is 386. The van der Waals surface area contributed by atoms with Crippen LogP contribution in [0.4, 0.5) is 8.78 Å². The van der Waals surface area contributed by atoms with E-state index in [1.807, 2.05) is 14.1 Å². The molecule has 1 atom stereocenters. The van der Waals surface area contributed by atoms with Gasteiger partial charge in [0.2, 0.25) is 0 Å². The van der Waals surface area contributed by atoms with Crippen molar-refractivity contribution in [1.29, 1.82) is 0 Å². The topological polar surface area (TPSA) is 35.5 Å². The normalized spacial score (nSPS) is 12.9. The maximum absolute atomic E-state index is 13.4. The lowest BCUT2D eigenvalue weighted by Crippen LogP contribution is -2.24. The Morgan fingerprint density at radius 2 is 2.00 bits per heavy atom. The number of hydrogen-bond donors (Lipinski definition) is 2. The number of hydrogen-bond acceptors (Lipinski definition) is 3. The molecule has 0 saturated carbocycles. The first kappa shape index (κ1) is 16.0. The second-order valence-electron chi connectivity index (χ2n) is 4.90. The van der Waals surface area contributed by atoms with Crippen molar-refractivity contribution in [3.63, 3.8) is 0 Å². The average molecular weight is 272 g/mol. The Labute approximate surface area is 113 Å². The van der Waals surface area contributed by atoms with E-state index < -0.39 is 17.7 Å². The smallest absolute Gasteiger partial charge is 0.131 e. The number of aliphatic hydroxyl groups excluding tert-OH is 1. The SMILES string of the molecule is CN(C)CCCCNCC(O)c1ccc(F)cc1F. The molecule has 0 aliphatic heterocycles. The van der Waals surface area contributed by atoms with Crippen molar-refractivity contribution in [2.75, 3.05) is 33.7 Å². The number of nitrogens with one attached hydrogen (secondary N) is 1. The number of benzene rings is 1. The van der Waals surface area contributed by atoms with Crippen molar-refractivity contribution in [3.8, 4) is 0 Å². The number of nitrogens with zero attached hydrogens (tertiary/aromatic N) is 1. The quantitative estimate of drug-likeness (QED) is 0.710. The number of rotatable bonds is 8. The van der Waals surface area contributed by atoms with Crippen molar-refractivity contribution < 1.29 is 13.9 Å². The third-order valence-corrected chi connectivity index (χ3v) is 2.87. The summed E-state index contributed by atoms with van der Waals surface area (Å²) in [6.07, 6.45) is 1.12. The van der Waals surface area contributed by atoms with Gasteiger partial charge in [-0.1, -0.05) is 6.07 Å². The molecule has 2 N–H and O–H groups in total. The van der Waals surface area contributed by atoms with Crippen LogP contribution in [0, 0.1) is 11.6 Å². The minimum Gasteiger partial charge on any atom is -0.387 e. The minimum absolute atomic E-state index is 0.127. The standard InChI is InChI=1S/C14H22F2N2O/c1-18(2)8-4-3-7-17-10-14(19)12-6-5-11(15)9-13(12)16/h5-6,9,14,17,19H,3-4,7-8,10H2,1-2H3. The molecule has 0 heterocycles. The van der Waals surface area contributed by atoms with Gasteiger partial charge in [-0.05, 0) is 46.1 Å². The third-order valence-electron chi connectivity index (χ3n) is 2.87. The lowest BCUT2D eigenvalue weighted by atomic mass is 10.1. The highest BCUT2D eigenvalue weighted by Gasteiger charge is 2.12. The van der Waals surface area contributed by atoms with E-state index in [1.54, 1.807) is 0 Å². The second kappa shape index (κ2) is 8.19. The van der Waals surface area contributed by atoms with Crippen LogP contribution in [-0.2, 0) is 0 Å². The molecule has 1 rings (SSSR count). The van der Waals surface area contributed by atoms with Gasteiger partial charge in [-0.25, -0.2) is 8.78 Å². The molecule has 0 spiro atoms. The van der Waals surface area contributed by atoms with Gasteiger partial charge in [0.15, 0.2) is 0 Å². The highest BCUT2D eigenvalue weighted by molar-refractivity contribution is 5.21. The molecule has 0 saturated heterocycles. The zero-order valence-electron chi connectivity index (χ0n) is 11.5. The maximum atomic E-state index is 13.4. The lowest BCUT2D eigenvalue weighted by Gasteiger charge is -2.13. The van der Waals surface area contributed by atoms with Crippen LogP contribution in [0.2, 0.25) is 0 Å². The highest BCUT2D eigenvalue weighted by Crippen LogP contribution is 2.17. The minimum atomic E-state index is -0.950. The van der Waals surface area contributed by atoms with Crippen LogP contribution in [0.1, 0.15) is 24.5 Å². The van der Waals surface area contributed by atoms with Gasteiger partial charge < -0.3 is 15.3 Å². The van der Waals surface area contributed by atoms with Crippen molar-refractivity contribution in [3.05, 3.63) is 35.4 Å². The molecule has 0 aliphatic carbocycles. The molecule has 0 radical (unpaired) electrons. The Hall–Kier alpha value is -1.04. The lowest BCUT2D eigenvalue weighted by molar-refractivity contribution is 0.170. The molecule has 1 unspecified atom stereocenters. The van der Waals surface area contributed by atoms with Crippen molar-refractivity contribution in [2.45, 2.75) is 18.9 Å². The van der Waals surface area contributed by atoms with E-state index in [2.05, 4.69) is 10.2 Å². The summed E-state index contributed by atoms with van der Waals surface area (Å²) < 4.78 is 26.1. The van der Waals surface area contributed by atoms with Gasteiger partial charge in [0, 0.05) is 18.2 Å². The summed E-state index contributed by atoms with van der Waals surface area (Å²) in [5.41, 5.74) is 0.127. The van der Waals surface area contributed by atoms with Gasteiger partial charge >= 0.3 is 0 Å². The van der Waals surface area contributed by atoms with Crippen LogP contribution < -0.4 is 5.32 Å². The monoisotopic (exact) mass is 272 g/mol. The summed E-state index contributed by atoms with van der Waals surface area (Å²) in [6.45, 7) is 2.06. The van der Waals surface area contributed by atoms with Gasteiger partial charge in [-0.2, -0.15) is 0 Å². The fraction of sp³-hybridized carbons (Fsp3) is 0.571. The molecule has 5 heteroatoms. The molecular weight excluding hydrogens is 250 g/mol. The molecule has 0 aromatic heterocycles. The molecule has 1 aromatic rings. The Kier molecular flexibility index (Phi) is 6.91. The summed E-state index contributed by atoms with van der Waals surface area (Å²) in [4.78, 5) is 2.11. The fourth-order valence-corrected chi connectivity index (χ4v) is 1.80. The number of halogens is 2. The summed E-state index contributed by atoms with van der Waals surface area (Å²) in [6, 6.07) is 3.22. The first-order valence-corrected chi connectivity index (χ1v) is 6.49. The molecule has 0 amide bonds. The van der Waals surface area contributed by atoms with Crippen molar-refractivity contribution in [1.82, 2.24) is 10.2 Å². The van der Waals surface area contributed by atoms with Crippen molar-refractivity contribution in [2.24, 2.45) is 0 Å². The first-order valence-electron chi connectivity index (χ1n) is 6.49. The zero-order valence-corrected chi connectivity index (χ0v) is 11.5. The Morgan fingerprint density at radius 1 is 1.26 bits per heavy atom. The summed E-state index contributed by atoms with van der Waals surface area (Å²) in [5, 5.41) is 12.9. The van der Waals surface area contributed by atoms with E-state index in [0.29, 0.717) is 0 Å². The van der Waals surface area contributed by atoms with Gasteiger partial charge in [0.05, 0.1) is 6.10 Å². The third kappa shape index (κ3) is 6.09. The van der Waals surface area contributed by atoms with Crippen LogP contribution in [0.5, 0.6) is 0 Å². The highest BCUT2D eigenvalue weighted by atomic mass is 19.1. The Morgan fingerprint density at radius 3 is 2.63 bits per heavy atom. The molecule has 3 nitrogen and oxygen atoms in total. The van der Waals surface area contributed by atoms with Crippen LogP contribution in [0.25, 0.3) is 0 Å². The Balaban J connectivity index is 2.25. The van der Waals surface area contributed by atoms with Gasteiger partial charge in [0.1, 0.15) is 11.6 Å². The predicted molar refractivity (Wildman–Crippen MR) is 72.0 cm³/mol. The van der Waals surface area contributed by atoms with Crippen LogP contribution >= 0.6 is 0 Å².